The fourth-order valence-corrected chi connectivity index (χ4v) is 3.04. The Hall–Kier alpha value is -3.20. The summed E-state index contributed by atoms with van der Waals surface area (Å²) in [4.78, 5) is 9.61. The largest absolute Gasteiger partial charge is 0.340 e. The lowest BCUT2D eigenvalue weighted by molar-refractivity contribution is 1.22. The van der Waals surface area contributed by atoms with Gasteiger partial charge in [0.15, 0.2) is 5.82 Å². The van der Waals surface area contributed by atoms with Gasteiger partial charge in [0.25, 0.3) is 0 Å². The summed E-state index contributed by atoms with van der Waals surface area (Å²) in [5, 5.41) is 4.50. The molecule has 3 aromatic carbocycles. The average molecular weight is 339 g/mol. The van der Waals surface area contributed by atoms with Crippen LogP contribution in [0.25, 0.3) is 22.3 Å². The second-order valence-electron chi connectivity index (χ2n) is 6.71. The Morgan fingerprint density at radius 3 is 2.38 bits per heavy atom. The first-order chi connectivity index (χ1) is 12.6. The van der Waals surface area contributed by atoms with Crippen molar-refractivity contribution >= 4 is 22.4 Å². The normalized spacial score (nSPS) is 10.9. The Kier molecular flexibility index (Phi) is 4.13. The molecule has 0 saturated carbocycles. The first-order valence-corrected chi connectivity index (χ1v) is 8.78. The minimum atomic E-state index is 0.735. The molecule has 0 fully saturated rings. The van der Waals surface area contributed by atoms with Gasteiger partial charge in [-0.05, 0) is 62.2 Å². The van der Waals surface area contributed by atoms with Gasteiger partial charge in [-0.3, -0.25) is 0 Å². The maximum absolute atomic E-state index is 4.84. The molecule has 0 atom stereocenters. The molecular weight excluding hydrogens is 318 g/mol. The highest BCUT2D eigenvalue weighted by molar-refractivity contribution is 5.92. The van der Waals surface area contributed by atoms with Gasteiger partial charge in [-0.1, -0.05) is 42.0 Å². The quantitative estimate of drug-likeness (QED) is 0.500. The number of anilines is 2. The topological polar surface area (TPSA) is 37.8 Å². The summed E-state index contributed by atoms with van der Waals surface area (Å²) in [6.07, 6.45) is 0. The molecule has 0 unspecified atom stereocenters. The minimum Gasteiger partial charge on any atom is -0.340 e. The Labute approximate surface area is 153 Å². The van der Waals surface area contributed by atoms with Gasteiger partial charge in [-0.15, -0.1) is 0 Å². The summed E-state index contributed by atoms with van der Waals surface area (Å²) in [6, 6.07) is 22.8. The molecule has 1 aromatic heterocycles. The SMILES string of the molecule is Cc1cccc(-c2nc(Nc3ccc(C)c(C)c3)c3ccccc3n2)c1. The van der Waals surface area contributed by atoms with E-state index in [4.69, 9.17) is 9.97 Å². The van der Waals surface area contributed by atoms with Gasteiger partial charge in [-0.25, -0.2) is 9.97 Å². The summed E-state index contributed by atoms with van der Waals surface area (Å²) in [5.74, 6) is 1.56. The van der Waals surface area contributed by atoms with Crippen molar-refractivity contribution in [3.8, 4) is 11.4 Å². The molecule has 3 heteroatoms. The molecule has 3 nitrogen and oxygen atoms in total. The molecule has 0 spiro atoms. The zero-order chi connectivity index (χ0) is 18.1. The number of aryl methyl sites for hydroxylation is 3. The molecule has 4 aromatic rings. The smallest absolute Gasteiger partial charge is 0.162 e. The van der Waals surface area contributed by atoms with Crippen LogP contribution < -0.4 is 5.32 Å². The molecular formula is C23H21N3. The standard InChI is InChI=1S/C23H21N3/c1-15-7-6-8-18(13-15)22-25-21-10-5-4-9-20(21)23(26-22)24-19-12-11-16(2)17(3)14-19/h4-14H,1-3H3,(H,24,25,26). The summed E-state index contributed by atoms with van der Waals surface area (Å²) in [6.45, 7) is 6.32. The fourth-order valence-electron chi connectivity index (χ4n) is 3.04. The third-order valence-corrected chi connectivity index (χ3v) is 4.65. The van der Waals surface area contributed by atoms with Gasteiger partial charge in [-0.2, -0.15) is 0 Å². The molecule has 1 heterocycles. The Morgan fingerprint density at radius 2 is 1.58 bits per heavy atom. The zero-order valence-corrected chi connectivity index (χ0v) is 15.2. The van der Waals surface area contributed by atoms with Crippen LogP contribution >= 0.6 is 0 Å². The maximum atomic E-state index is 4.84. The first kappa shape index (κ1) is 16.3. The van der Waals surface area contributed by atoms with Gasteiger partial charge in [0.05, 0.1) is 5.52 Å². The number of para-hydroxylation sites is 1. The van der Waals surface area contributed by atoms with Crippen LogP contribution in [0.5, 0.6) is 0 Å². The molecule has 0 amide bonds. The van der Waals surface area contributed by atoms with E-state index in [0.29, 0.717) is 0 Å². The lowest BCUT2D eigenvalue weighted by Crippen LogP contribution is -2.00. The number of fused-ring (bicyclic) bond motifs is 1. The second kappa shape index (κ2) is 6.60. The van der Waals surface area contributed by atoms with Crippen molar-refractivity contribution in [2.75, 3.05) is 5.32 Å². The highest BCUT2D eigenvalue weighted by atomic mass is 15.0. The summed E-state index contributed by atoms with van der Waals surface area (Å²) in [7, 11) is 0. The molecule has 0 bridgehead atoms. The molecule has 0 aliphatic heterocycles. The summed E-state index contributed by atoms with van der Waals surface area (Å²) in [5.41, 5.74) is 6.73. The van der Waals surface area contributed by atoms with E-state index in [2.05, 4.69) is 68.6 Å². The molecule has 4 rings (SSSR count). The van der Waals surface area contributed by atoms with Crippen molar-refractivity contribution < 1.29 is 0 Å². The molecule has 0 radical (unpaired) electrons. The molecule has 128 valence electrons. The van der Waals surface area contributed by atoms with E-state index in [-0.39, 0.29) is 0 Å². The van der Waals surface area contributed by atoms with Gasteiger partial charge < -0.3 is 5.32 Å². The van der Waals surface area contributed by atoms with Crippen molar-refractivity contribution in [1.29, 1.82) is 0 Å². The Bertz CT molecular complexity index is 1100. The number of hydrogen-bond acceptors (Lipinski definition) is 3. The third-order valence-electron chi connectivity index (χ3n) is 4.65. The van der Waals surface area contributed by atoms with Crippen LogP contribution in [-0.4, -0.2) is 9.97 Å². The summed E-state index contributed by atoms with van der Waals surface area (Å²) >= 11 is 0. The van der Waals surface area contributed by atoms with Gasteiger partial charge in [0.1, 0.15) is 5.82 Å². The molecule has 26 heavy (non-hydrogen) atoms. The van der Waals surface area contributed by atoms with Gasteiger partial charge in [0, 0.05) is 16.6 Å². The zero-order valence-electron chi connectivity index (χ0n) is 15.2. The van der Waals surface area contributed by atoms with E-state index in [1.165, 1.54) is 16.7 Å². The van der Waals surface area contributed by atoms with E-state index in [1.807, 2.05) is 24.3 Å². The Balaban J connectivity index is 1.85. The van der Waals surface area contributed by atoms with Crippen molar-refractivity contribution in [1.82, 2.24) is 9.97 Å². The van der Waals surface area contributed by atoms with Crippen LogP contribution in [0.1, 0.15) is 16.7 Å². The number of benzene rings is 3. The van der Waals surface area contributed by atoms with E-state index >= 15 is 0 Å². The van der Waals surface area contributed by atoms with Crippen molar-refractivity contribution in [2.24, 2.45) is 0 Å². The van der Waals surface area contributed by atoms with Crippen LogP contribution in [0.3, 0.4) is 0 Å². The van der Waals surface area contributed by atoms with E-state index in [0.717, 1.165) is 33.8 Å². The average Bonchev–Trinajstić information content (AvgIpc) is 2.65. The molecule has 0 aliphatic carbocycles. The van der Waals surface area contributed by atoms with Gasteiger partial charge in [0.2, 0.25) is 0 Å². The monoisotopic (exact) mass is 339 g/mol. The molecule has 0 saturated heterocycles. The number of nitrogens with one attached hydrogen (secondary N) is 1. The fraction of sp³-hybridized carbons (Fsp3) is 0.130. The lowest BCUT2D eigenvalue weighted by Gasteiger charge is -2.12. The Morgan fingerprint density at radius 1 is 0.731 bits per heavy atom. The number of hydrogen-bond donors (Lipinski definition) is 1. The number of nitrogens with zero attached hydrogens (tertiary/aromatic N) is 2. The highest BCUT2D eigenvalue weighted by Gasteiger charge is 2.10. The maximum Gasteiger partial charge on any atom is 0.162 e. The predicted octanol–water partition coefficient (Wildman–Crippen LogP) is 5.97. The van der Waals surface area contributed by atoms with Crippen LogP contribution in [0, 0.1) is 20.8 Å². The number of rotatable bonds is 3. The summed E-state index contributed by atoms with van der Waals surface area (Å²) < 4.78 is 0. The van der Waals surface area contributed by atoms with Crippen molar-refractivity contribution in [2.45, 2.75) is 20.8 Å². The van der Waals surface area contributed by atoms with Crippen LogP contribution in [0.4, 0.5) is 11.5 Å². The third kappa shape index (κ3) is 3.16. The van der Waals surface area contributed by atoms with Gasteiger partial charge >= 0.3 is 0 Å². The minimum absolute atomic E-state index is 0.735. The second-order valence-corrected chi connectivity index (χ2v) is 6.71. The molecule has 1 N–H and O–H groups in total. The van der Waals surface area contributed by atoms with Crippen LogP contribution in [0.2, 0.25) is 0 Å². The van der Waals surface area contributed by atoms with Crippen molar-refractivity contribution in [3.63, 3.8) is 0 Å². The van der Waals surface area contributed by atoms with Crippen molar-refractivity contribution in [3.05, 3.63) is 83.4 Å². The van der Waals surface area contributed by atoms with E-state index < -0.39 is 0 Å². The van der Waals surface area contributed by atoms with Crippen LogP contribution in [0.15, 0.2) is 66.7 Å². The predicted molar refractivity (Wildman–Crippen MR) is 109 cm³/mol. The van der Waals surface area contributed by atoms with Crippen LogP contribution in [-0.2, 0) is 0 Å². The van der Waals surface area contributed by atoms with E-state index in [9.17, 15) is 0 Å². The number of aromatic nitrogens is 2. The van der Waals surface area contributed by atoms with E-state index in [1.54, 1.807) is 0 Å². The first-order valence-electron chi connectivity index (χ1n) is 8.78. The molecule has 0 aliphatic rings. The highest BCUT2D eigenvalue weighted by Crippen LogP contribution is 2.28. The lowest BCUT2D eigenvalue weighted by atomic mass is 10.1.